The lowest BCUT2D eigenvalue weighted by atomic mass is 9.94. The van der Waals surface area contributed by atoms with Crippen molar-refractivity contribution in [2.45, 2.75) is 18.9 Å². The Hall–Kier alpha value is -2.66. The summed E-state index contributed by atoms with van der Waals surface area (Å²) in [5.41, 5.74) is 3.09. The van der Waals surface area contributed by atoms with Crippen LogP contribution >= 0.6 is 0 Å². The normalized spacial score (nSPS) is 20.9. The number of rotatable bonds is 3. The number of benzene rings is 2. The summed E-state index contributed by atoms with van der Waals surface area (Å²) in [5, 5.41) is 3.21. The molecule has 128 valence electrons. The van der Waals surface area contributed by atoms with E-state index in [1.807, 2.05) is 30.3 Å². The fraction of sp³-hybridized carbons (Fsp3) is 0.300. The Kier molecular flexibility index (Phi) is 4.01. The second-order valence-electron chi connectivity index (χ2n) is 6.70. The summed E-state index contributed by atoms with van der Waals surface area (Å²) in [4.78, 5) is 19.5. The first kappa shape index (κ1) is 15.8. The number of amides is 1. The van der Waals surface area contributed by atoms with Crippen LogP contribution in [0.1, 0.15) is 27.7 Å². The van der Waals surface area contributed by atoms with Crippen LogP contribution in [-0.2, 0) is 0 Å². The minimum atomic E-state index is -0.0971. The number of oxazole rings is 1. The van der Waals surface area contributed by atoms with Crippen LogP contribution in [0.25, 0.3) is 11.1 Å². The number of carbonyl (C=O) groups excluding carboxylic acids is 1. The molecule has 0 radical (unpaired) electrons. The van der Waals surface area contributed by atoms with Crippen molar-refractivity contribution in [1.29, 1.82) is 0 Å². The van der Waals surface area contributed by atoms with Crippen molar-refractivity contribution in [2.75, 3.05) is 20.1 Å². The topological polar surface area (TPSA) is 58.4 Å². The van der Waals surface area contributed by atoms with Gasteiger partial charge in [-0.05, 0) is 24.7 Å². The molecule has 5 heteroatoms. The predicted molar refractivity (Wildman–Crippen MR) is 96.7 cm³/mol. The van der Waals surface area contributed by atoms with Gasteiger partial charge in [0, 0.05) is 32.0 Å². The minimum absolute atomic E-state index is 0.0724. The van der Waals surface area contributed by atoms with E-state index >= 15 is 0 Å². The minimum Gasteiger partial charge on any atom is -0.441 e. The third-order valence-electron chi connectivity index (χ3n) is 4.82. The summed E-state index contributed by atoms with van der Waals surface area (Å²) in [6, 6.07) is 15.9. The standard InChI is InChI=1S/C20H21N3O2/c1-13-21-19-15(9-6-10-18(19)25-13)20(24)22-17-12-23(2)11-16(17)14-7-4-3-5-8-14/h3-10,16-17H,11-12H2,1-2H3,(H,22,24)/t16-,17+/m1/s1. The molecule has 25 heavy (non-hydrogen) atoms. The van der Waals surface area contributed by atoms with Gasteiger partial charge in [0.15, 0.2) is 11.5 Å². The molecule has 5 nitrogen and oxygen atoms in total. The van der Waals surface area contributed by atoms with Crippen LogP contribution in [0, 0.1) is 6.92 Å². The van der Waals surface area contributed by atoms with Gasteiger partial charge in [-0.25, -0.2) is 4.98 Å². The lowest BCUT2D eigenvalue weighted by Gasteiger charge is -2.20. The maximum absolute atomic E-state index is 12.9. The molecule has 0 unspecified atom stereocenters. The smallest absolute Gasteiger partial charge is 0.253 e. The Morgan fingerprint density at radius 2 is 1.96 bits per heavy atom. The Balaban J connectivity index is 1.60. The van der Waals surface area contributed by atoms with Crippen LogP contribution < -0.4 is 5.32 Å². The Labute approximate surface area is 146 Å². The molecule has 2 atom stereocenters. The van der Waals surface area contributed by atoms with Gasteiger partial charge < -0.3 is 14.6 Å². The quantitative estimate of drug-likeness (QED) is 0.799. The second kappa shape index (κ2) is 6.33. The van der Waals surface area contributed by atoms with Crippen LogP contribution in [0.2, 0.25) is 0 Å². The molecule has 0 saturated carbocycles. The molecule has 2 aromatic carbocycles. The highest BCUT2D eigenvalue weighted by Crippen LogP contribution is 2.27. The number of nitrogens with zero attached hydrogens (tertiary/aromatic N) is 2. The molecule has 1 aliphatic heterocycles. The van der Waals surface area contributed by atoms with E-state index in [2.05, 4.69) is 34.4 Å². The van der Waals surface area contributed by atoms with E-state index in [4.69, 9.17) is 4.42 Å². The van der Waals surface area contributed by atoms with Gasteiger partial charge in [-0.2, -0.15) is 0 Å². The highest BCUT2D eigenvalue weighted by Gasteiger charge is 2.33. The fourth-order valence-corrected chi connectivity index (χ4v) is 3.67. The predicted octanol–water partition coefficient (Wildman–Crippen LogP) is 2.96. The van der Waals surface area contributed by atoms with Crippen LogP contribution in [0.15, 0.2) is 52.9 Å². The van der Waals surface area contributed by atoms with Crippen molar-refractivity contribution in [3.05, 3.63) is 65.5 Å². The Morgan fingerprint density at radius 1 is 1.16 bits per heavy atom. The molecular formula is C20H21N3O2. The molecule has 0 bridgehead atoms. The van der Waals surface area contributed by atoms with Crippen molar-refractivity contribution in [1.82, 2.24) is 15.2 Å². The van der Waals surface area contributed by atoms with Gasteiger partial charge in [-0.3, -0.25) is 4.79 Å². The highest BCUT2D eigenvalue weighted by molar-refractivity contribution is 6.04. The molecular weight excluding hydrogens is 314 g/mol. The zero-order valence-corrected chi connectivity index (χ0v) is 14.4. The number of hydrogen-bond donors (Lipinski definition) is 1. The Bertz CT molecular complexity index is 904. The van der Waals surface area contributed by atoms with Crippen LogP contribution in [0.3, 0.4) is 0 Å². The molecule has 1 aromatic heterocycles. The van der Waals surface area contributed by atoms with Crippen molar-refractivity contribution in [3.63, 3.8) is 0 Å². The van der Waals surface area contributed by atoms with Crippen molar-refractivity contribution < 1.29 is 9.21 Å². The van der Waals surface area contributed by atoms with Crippen molar-refractivity contribution in [3.8, 4) is 0 Å². The monoisotopic (exact) mass is 335 g/mol. The first-order valence-electron chi connectivity index (χ1n) is 8.52. The van der Waals surface area contributed by atoms with Crippen molar-refractivity contribution in [2.24, 2.45) is 0 Å². The first-order chi connectivity index (χ1) is 12.1. The van der Waals surface area contributed by atoms with E-state index in [1.54, 1.807) is 13.0 Å². The lowest BCUT2D eigenvalue weighted by Crippen LogP contribution is -2.39. The van der Waals surface area contributed by atoms with Crippen LogP contribution in [0.4, 0.5) is 0 Å². The van der Waals surface area contributed by atoms with Gasteiger partial charge in [0.1, 0.15) is 5.52 Å². The van der Waals surface area contributed by atoms with Crippen molar-refractivity contribution >= 4 is 17.0 Å². The number of likely N-dealkylation sites (N-methyl/N-ethyl adjacent to an activating group) is 1. The number of likely N-dealkylation sites (tertiary alicyclic amines) is 1. The largest absolute Gasteiger partial charge is 0.441 e. The number of nitrogens with one attached hydrogen (secondary N) is 1. The highest BCUT2D eigenvalue weighted by atomic mass is 16.3. The van der Waals surface area contributed by atoms with Gasteiger partial charge >= 0.3 is 0 Å². The Morgan fingerprint density at radius 3 is 2.76 bits per heavy atom. The second-order valence-corrected chi connectivity index (χ2v) is 6.70. The van der Waals surface area contributed by atoms with Gasteiger partial charge in [0.2, 0.25) is 0 Å². The number of carbonyl (C=O) groups is 1. The molecule has 1 saturated heterocycles. The SMILES string of the molecule is Cc1nc2c(C(=O)N[C@H]3CN(C)C[C@@H]3c3ccccc3)cccc2o1. The maximum Gasteiger partial charge on any atom is 0.253 e. The zero-order chi connectivity index (χ0) is 17.4. The van der Waals surface area contributed by atoms with E-state index in [0.717, 1.165) is 13.1 Å². The fourth-order valence-electron chi connectivity index (χ4n) is 3.67. The molecule has 4 rings (SSSR count). The van der Waals surface area contributed by atoms with E-state index in [1.165, 1.54) is 5.56 Å². The van der Waals surface area contributed by atoms with Gasteiger partial charge in [0.05, 0.1) is 5.56 Å². The summed E-state index contributed by atoms with van der Waals surface area (Å²) < 4.78 is 5.54. The summed E-state index contributed by atoms with van der Waals surface area (Å²) >= 11 is 0. The van der Waals surface area contributed by atoms with Gasteiger partial charge in [-0.15, -0.1) is 0 Å². The lowest BCUT2D eigenvalue weighted by molar-refractivity contribution is 0.0937. The molecule has 0 spiro atoms. The number of hydrogen-bond acceptors (Lipinski definition) is 4. The van der Waals surface area contributed by atoms with Crippen LogP contribution in [0.5, 0.6) is 0 Å². The number of para-hydroxylation sites is 1. The molecule has 2 heterocycles. The number of fused-ring (bicyclic) bond motifs is 1. The molecule has 3 aromatic rings. The number of aryl methyl sites for hydroxylation is 1. The zero-order valence-electron chi connectivity index (χ0n) is 14.4. The third-order valence-corrected chi connectivity index (χ3v) is 4.82. The van der Waals surface area contributed by atoms with Crippen LogP contribution in [-0.4, -0.2) is 42.0 Å². The average Bonchev–Trinajstić information content (AvgIpc) is 3.16. The average molecular weight is 335 g/mol. The summed E-state index contributed by atoms with van der Waals surface area (Å²) in [5.74, 6) is 0.756. The third kappa shape index (κ3) is 3.03. The van der Waals surface area contributed by atoms with Gasteiger partial charge in [0.25, 0.3) is 5.91 Å². The van der Waals surface area contributed by atoms with E-state index in [9.17, 15) is 4.79 Å². The molecule has 1 amide bonds. The summed E-state index contributed by atoms with van der Waals surface area (Å²) in [6.45, 7) is 3.56. The molecule has 0 aliphatic carbocycles. The van der Waals surface area contributed by atoms with E-state index in [0.29, 0.717) is 22.6 Å². The number of aromatic nitrogens is 1. The summed E-state index contributed by atoms with van der Waals surface area (Å²) in [7, 11) is 2.09. The summed E-state index contributed by atoms with van der Waals surface area (Å²) in [6.07, 6.45) is 0. The molecule has 1 N–H and O–H groups in total. The van der Waals surface area contributed by atoms with Gasteiger partial charge in [-0.1, -0.05) is 36.4 Å². The first-order valence-corrected chi connectivity index (χ1v) is 8.52. The molecule has 1 aliphatic rings. The maximum atomic E-state index is 12.9. The van der Waals surface area contributed by atoms with E-state index in [-0.39, 0.29) is 17.9 Å². The molecule has 1 fully saturated rings. The van der Waals surface area contributed by atoms with E-state index < -0.39 is 0 Å².